The van der Waals surface area contributed by atoms with Gasteiger partial charge >= 0.3 is 0 Å². The first-order valence-corrected chi connectivity index (χ1v) is 6.95. The largest absolute Gasteiger partial charge is 0.395 e. The Balaban J connectivity index is 2.31. The predicted molar refractivity (Wildman–Crippen MR) is 72.5 cm³/mol. The van der Waals surface area contributed by atoms with Crippen LogP contribution < -0.4 is 5.32 Å². The van der Waals surface area contributed by atoms with Crippen LogP contribution >= 0.6 is 11.8 Å². The second-order valence-corrected chi connectivity index (χ2v) is 5.18. The molecule has 0 saturated heterocycles. The molecule has 0 fully saturated rings. The molecule has 1 rings (SSSR count). The van der Waals surface area contributed by atoms with E-state index < -0.39 is 0 Å². The van der Waals surface area contributed by atoms with Gasteiger partial charge in [0.25, 0.3) is 0 Å². The van der Waals surface area contributed by atoms with Crippen molar-refractivity contribution in [1.29, 1.82) is 0 Å². The van der Waals surface area contributed by atoms with Crippen molar-refractivity contribution >= 4 is 11.8 Å². The average molecular weight is 255 g/mol. The summed E-state index contributed by atoms with van der Waals surface area (Å²) in [6, 6.07) is 8.34. The van der Waals surface area contributed by atoms with Gasteiger partial charge in [0.15, 0.2) is 0 Å². The summed E-state index contributed by atoms with van der Waals surface area (Å²) < 4.78 is 0. The van der Waals surface area contributed by atoms with Crippen molar-refractivity contribution in [3.05, 3.63) is 29.8 Å². The van der Waals surface area contributed by atoms with Crippen LogP contribution in [0.2, 0.25) is 0 Å². The summed E-state index contributed by atoms with van der Waals surface area (Å²) in [6.07, 6.45) is 0.910. The van der Waals surface area contributed by atoms with Crippen molar-refractivity contribution in [3.63, 3.8) is 0 Å². The van der Waals surface area contributed by atoms with Crippen LogP contribution in [0.4, 0.5) is 0 Å². The van der Waals surface area contributed by atoms with Crippen molar-refractivity contribution < 1.29 is 10.2 Å². The molecule has 17 heavy (non-hydrogen) atoms. The second kappa shape index (κ2) is 8.53. The Bertz CT molecular complexity index is 299. The Labute approximate surface area is 107 Å². The van der Waals surface area contributed by atoms with Gasteiger partial charge < -0.3 is 15.5 Å². The third-order valence-corrected chi connectivity index (χ3v) is 3.42. The summed E-state index contributed by atoms with van der Waals surface area (Å²) in [5.74, 6) is 1.09. The molecule has 0 bridgehead atoms. The molecule has 3 nitrogen and oxygen atoms in total. The molecule has 0 heterocycles. The molecule has 4 heteroatoms. The van der Waals surface area contributed by atoms with Crippen LogP contribution in [0.5, 0.6) is 0 Å². The maximum atomic E-state index is 8.89. The second-order valence-electron chi connectivity index (χ2n) is 3.84. The first-order valence-electron chi connectivity index (χ1n) is 5.97. The van der Waals surface area contributed by atoms with Gasteiger partial charge in [-0.2, -0.15) is 0 Å². The number of rotatable bonds is 8. The highest BCUT2D eigenvalue weighted by atomic mass is 32.2. The summed E-state index contributed by atoms with van der Waals surface area (Å²) in [5.41, 5.74) is 1.27. The van der Waals surface area contributed by atoms with Crippen LogP contribution in [0, 0.1) is 0 Å². The molecule has 0 aromatic heterocycles. The summed E-state index contributed by atoms with van der Waals surface area (Å²) in [5, 5.41) is 20.9. The monoisotopic (exact) mass is 255 g/mol. The first-order chi connectivity index (χ1) is 8.30. The number of hydrogen-bond donors (Lipinski definition) is 3. The smallest absolute Gasteiger partial charge is 0.0607 e. The van der Waals surface area contributed by atoms with E-state index in [9.17, 15) is 0 Å². The summed E-state index contributed by atoms with van der Waals surface area (Å²) in [4.78, 5) is 1.30. The normalized spacial score (nSPS) is 11.1. The molecule has 3 N–H and O–H groups in total. The zero-order chi connectivity index (χ0) is 12.5. The number of hydrogen-bond acceptors (Lipinski definition) is 4. The Kier molecular flexibility index (Phi) is 7.28. The van der Waals surface area contributed by atoms with Crippen molar-refractivity contribution in [1.82, 2.24) is 5.32 Å². The van der Waals surface area contributed by atoms with E-state index in [-0.39, 0.29) is 19.3 Å². The summed E-state index contributed by atoms with van der Waals surface area (Å²) in [6.45, 7) is 2.86. The average Bonchev–Trinajstić information content (AvgIpc) is 2.37. The van der Waals surface area contributed by atoms with Crippen molar-refractivity contribution in [2.75, 3.05) is 25.5 Å². The molecule has 1 aromatic rings. The van der Waals surface area contributed by atoms with Crippen LogP contribution in [0.1, 0.15) is 12.5 Å². The van der Waals surface area contributed by atoms with E-state index in [1.807, 2.05) is 11.8 Å². The Morgan fingerprint density at radius 1 is 1.18 bits per heavy atom. The molecule has 0 amide bonds. The number of aliphatic hydroxyl groups is 2. The highest BCUT2D eigenvalue weighted by molar-refractivity contribution is 7.99. The van der Waals surface area contributed by atoms with Gasteiger partial charge in [0, 0.05) is 4.90 Å². The van der Waals surface area contributed by atoms with Crippen molar-refractivity contribution in [2.24, 2.45) is 0 Å². The minimum atomic E-state index is -0.204. The quantitative estimate of drug-likeness (QED) is 0.613. The fraction of sp³-hybridized carbons (Fsp3) is 0.538. The van der Waals surface area contributed by atoms with Crippen LogP contribution in [0.25, 0.3) is 0 Å². The van der Waals surface area contributed by atoms with E-state index in [2.05, 4.69) is 36.5 Å². The maximum absolute atomic E-state index is 8.89. The van der Waals surface area contributed by atoms with Gasteiger partial charge in [0.05, 0.1) is 19.3 Å². The molecule has 0 aliphatic carbocycles. The number of aliphatic hydroxyl groups excluding tert-OH is 2. The van der Waals surface area contributed by atoms with Gasteiger partial charge in [-0.3, -0.25) is 0 Å². The summed E-state index contributed by atoms with van der Waals surface area (Å²) >= 11 is 1.84. The third kappa shape index (κ3) is 5.55. The number of thioether (sulfide) groups is 1. The molecule has 96 valence electrons. The van der Waals surface area contributed by atoms with Crippen LogP contribution in [0.3, 0.4) is 0 Å². The van der Waals surface area contributed by atoms with E-state index in [1.54, 1.807) is 0 Å². The molecule has 0 atom stereocenters. The van der Waals surface area contributed by atoms with Gasteiger partial charge in [-0.1, -0.05) is 19.1 Å². The minimum absolute atomic E-state index is 0.0252. The third-order valence-electron chi connectivity index (χ3n) is 2.52. The number of nitrogens with one attached hydrogen (secondary N) is 1. The van der Waals surface area contributed by atoms with Crippen LogP contribution in [0.15, 0.2) is 29.2 Å². The maximum Gasteiger partial charge on any atom is 0.0607 e. The Hall–Kier alpha value is -0.550. The van der Waals surface area contributed by atoms with E-state index >= 15 is 0 Å². The van der Waals surface area contributed by atoms with Crippen LogP contribution in [-0.2, 0) is 6.42 Å². The molecular formula is C13H21NO2S. The lowest BCUT2D eigenvalue weighted by Crippen LogP contribution is -2.36. The van der Waals surface area contributed by atoms with Crippen LogP contribution in [-0.4, -0.2) is 41.8 Å². The Morgan fingerprint density at radius 3 is 2.35 bits per heavy atom. The lowest BCUT2D eigenvalue weighted by molar-refractivity contribution is 0.171. The lowest BCUT2D eigenvalue weighted by atomic mass is 10.1. The highest BCUT2D eigenvalue weighted by Gasteiger charge is 2.03. The SMILES string of the molecule is CCSc1ccc(CCNC(CO)CO)cc1. The van der Waals surface area contributed by atoms with E-state index in [0.29, 0.717) is 0 Å². The molecule has 0 saturated carbocycles. The standard InChI is InChI=1S/C13H21NO2S/c1-2-17-13-5-3-11(4-6-13)7-8-14-12(9-15)10-16/h3-6,12,14-16H,2,7-10H2,1H3. The van der Waals surface area contributed by atoms with Gasteiger partial charge in [-0.15, -0.1) is 11.8 Å². The Morgan fingerprint density at radius 2 is 1.82 bits per heavy atom. The molecule has 0 radical (unpaired) electrons. The van der Waals surface area contributed by atoms with E-state index in [4.69, 9.17) is 10.2 Å². The van der Waals surface area contributed by atoms with Gasteiger partial charge in [0.1, 0.15) is 0 Å². The topological polar surface area (TPSA) is 52.5 Å². The molecule has 1 aromatic carbocycles. The number of benzene rings is 1. The predicted octanol–water partition coefficient (Wildman–Crippen LogP) is 1.28. The zero-order valence-corrected chi connectivity index (χ0v) is 11.0. The first kappa shape index (κ1) is 14.5. The summed E-state index contributed by atoms with van der Waals surface area (Å²) in [7, 11) is 0. The molecule has 0 aliphatic heterocycles. The van der Waals surface area contributed by atoms with Crippen molar-refractivity contribution in [2.45, 2.75) is 24.3 Å². The minimum Gasteiger partial charge on any atom is -0.395 e. The lowest BCUT2D eigenvalue weighted by Gasteiger charge is -2.13. The molecule has 0 spiro atoms. The zero-order valence-electron chi connectivity index (χ0n) is 10.2. The van der Waals surface area contributed by atoms with Gasteiger partial charge in [-0.25, -0.2) is 0 Å². The highest BCUT2D eigenvalue weighted by Crippen LogP contribution is 2.17. The molecule has 0 aliphatic rings. The fourth-order valence-corrected chi connectivity index (χ4v) is 2.19. The van der Waals surface area contributed by atoms with E-state index in [1.165, 1.54) is 10.5 Å². The van der Waals surface area contributed by atoms with E-state index in [0.717, 1.165) is 18.7 Å². The fourth-order valence-electron chi connectivity index (χ4n) is 1.53. The van der Waals surface area contributed by atoms with Gasteiger partial charge in [-0.05, 0) is 36.4 Å². The van der Waals surface area contributed by atoms with Crippen molar-refractivity contribution in [3.8, 4) is 0 Å². The molecule has 0 unspecified atom stereocenters. The van der Waals surface area contributed by atoms with Gasteiger partial charge in [0.2, 0.25) is 0 Å². The molecular weight excluding hydrogens is 234 g/mol.